The standard InChI is InChI=1S/C17H24O3/c1-5-17(4,14-11-9-8-10-12-14)13-15(19-6-2)16(18)20-7-3/h8-13H,5-7H2,1-4H3/b15-13-. The minimum atomic E-state index is -0.398. The van der Waals surface area contributed by atoms with Crippen molar-refractivity contribution < 1.29 is 14.3 Å². The van der Waals surface area contributed by atoms with Crippen molar-refractivity contribution in [1.82, 2.24) is 0 Å². The zero-order chi connectivity index (χ0) is 15.0. The van der Waals surface area contributed by atoms with E-state index >= 15 is 0 Å². The monoisotopic (exact) mass is 276 g/mol. The molecule has 1 atom stereocenters. The highest BCUT2D eigenvalue weighted by Gasteiger charge is 2.25. The molecule has 0 aliphatic rings. The van der Waals surface area contributed by atoms with Crippen LogP contribution in [0.5, 0.6) is 0 Å². The number of rotatable bonds is 7. The highest BCUT2D eigenvalue weighted by Crippen LogP contribution is 2.30. The van der Waals surface area contributed by atoms with Gasteiger partial charge < -0.3 is 9.47 Å². The summed E-state index contributed by atoms with van der Waals surface area (Å²) in [7, 11) is 0. The Hall–Kier alpha value is -1.77. The van der Waals surface area contributed by atoms with Crippen molar-refractivity contribution >= 4 is 5.97 Å². The van der Waals surface area contributed by atoms with Crippen LogP contribution >= 0.6 is 0 Å². The van der Waals surface area contributed by atoms with Crippen LogP contribution in [0.3, 0.4) is 0 Å². The SMILES string of the molecule is CCOC(=O)/C(=C/C(C)(CC)c1ccccc1)OCC. The maximum atomic E-state index is 11.9. The van der Waals surface area contributed by atoms with Crippen molar-refractivity contribution in [3.63, 3.8) is 0 Å². The normalized spacial score (nSPS) is 14.5. The molecule has 1 unspecified atom stereocenters. The van der Waals surface area contributed by atoms with Crippen LogP contribution in [-0.2, 0) is 19.7 Å². The van der Waals surface area contributed by atoms with Gasteiger partial charge >= 0.3 is 5.97 Å². The molecule has 0 bridgehead atoms. The average Bonchev–Trinajstić information content (AvgIpc) is 2.48. The molecule has 1 rings (SSSR count). The number of hydrogen-bond donors (Lipinski definition) is 0. The zero-order valence-electron chi connectivity index (χ0n) is 12.8. The van der Waals surface area contributed by atoms with Crippen LogP contribution in [0, 0.1) is 0 Å². The van der Waals surface area contributed by atoms with Gasteiger partial charge in [0.15, 0.2) is 0 Å². The van der Waals surface area contributed by atoms with Crippen molar-refractivity contribution in [3.05, 3.63) is 47.7 Å². The van der Waals surface area contributed by atoms with Gasteiger partial charge in [0.2, 0.25) is 5.76 Å². The third kappa shape index (κ3) is 4.12. The maximum Gasteiger partial charge on any atom is 0.373 e. The first kappa shape index (κ1) is 16.3. The number of allylic oxidation sites excluding steroid dienone is 1. The summed E-state index contributed by atoms with van der Waals surface area (Å²) in [4.78, 5) is 11.9. The van der Waals surface area contributed by atoms with Crippen LogP contribution in [0.2, 0.25) is 0 Å². The molecule has 1 aromatic rings. The van der Waals surface area contributed by atoms with Crippen LogP contribution < -0.4 is 0 Å². The topological polar surface area (TPSA) is 35.5 Å². The Morgan fingerprint density at radius 3 is 2.20 bits per heavy atom. The maximum absolute atomic E-state index is 11.9. The lowest BCUT2D eigenvalue weighted by Gasteiger charge is -2.26. The first-order valence-corrected chi connectivity index (χ1v) is 7.15. The molecule has 0 spiro atoms. The molecule has 3 heteroatoms. The van der Waals surface area contributed by atoms with E-state index in [4.69, 9.17) is 9.47 Å². The highest BCUT2D eigenvalue weighted by atomic mass is 16.6. The molecule has 1 aromatic carbocycles. The van der Waals surface area contributed by atoms with E-state index < -0.39 is 5.97 Å². The van der Waals surface area contributed by atoms with E-state index in [9.17, 15) is 4.79 Å². The molecule has 0 aromatic heterocycles. The van der Waals surface area contributed by atoms with Crippen molar-refractivity contribution in [2.75, 3.05) is 13.2 Å². The minimum absolute atomic E-state index is 0.251. The van der Waals surface area contributed by atoms with Gasteiger partial charge in [-0.1, -0.05) is 44.2 Å². The lowest BCUT2D eigenvalue weighted by Crippen LogP contribution is -2.21. The molecule has 0 saturated carbocycles. The summed E-state index contributed by atoms with van der Waals surface area (Å²) in [5.74, 6) is -0.104. The van der Waals surface area contributed by atoms with Gasteiger partial charge in [-0.3, -0.25) is 0 Å². The van der Waals surface area contributed by atoms with E-state index in [2.05, 4.69) is 26.0 Å². The number of hydrogen-bond acceptors (Lipinski definition) is 3. The molecule has 0 N–H and O–H groups in total. The fraction of sp³-hybridized carbons (Fsp3) is 0.471. The smallest absolute Gasteiger partial charge is 0.373 e. The fourth-order valence-corrected chi connectivity index (χ4v) is 2.01. The summed E-state index contributed by atoms with van der Waals surface area (Å²) >= 11 is 0. The molecule has 0 fully saturated rings. The summed E-state index contributed by atoms with van der Waals surface area (Å²) in [6.45, 7) is 8.63. The van der Waals surface area contributed by atoms with E-state index in [1.807, 2.05) is 31.2 Å². The van der Waals surface area contributed by atoms with Gasteiger partial charge in [-0.05, 0) is 31.9 Å². The molecule has 0 aliphatic carbocycles. The van der Waals surface area contributed by atoms with Gasteiger partial charge in [0.1, 0.15) is 0 Å². The van der Waals surface area contributed by atoms with Crippen LogP contribution in [0.1, 0.15) is 39.7 Å². The Bertz CT molecular complexity index is 451. The van der Waals surface area contributed by atoms with E-state index in [1.165, 1.54) is 0 Å². The fourth-order valence-electron chi connectivity index (χ4n) is 2.01. The van der Waals surface area contributed by atoms with Crippen molar-refractivity contribution in [2.24, 2.45) is 0 Å². The molecule has 110 valence electrons. The lowest BCUT2D eigenvalue weighted by molar-refractivity contribution is -0.142. The predicted molar refractivity (Wildman–Crippen MR) is 80.4 cm³/mol. The second-order valence-electron chi connectivity index (χ2n) is 4.80. The third-order valence-electron chi connectivity index (χ3n) is 3.39. The average molecular weight is 276 g/mol. The van der Waals surface area contributed by atoms with Gasteiger partial charge in [0, 0.05) is 5.41 Å². The largest absolute Gasteiger partial charge is 0.487 e. The van der Waals surface area contributed by atoms with E-state index in [1.54, 1.807) is 6.92 Å². The summed E-state index contributed by atoms with van der Waals surface area (Å²) in [6, 6.07) is 10.1. The number of benzene rings is 1. The Morgan fingerprint density at radius 1 is 1.10 bits per heavy atom. The van der Waals surface area contributed by atoms with Gasteiger partial charge in [-0.2, -0.15) is 0 Å². The minimum Gasteiger partial charge on any atom is -0.487 e. The van der Waals surface area contributed by atoms with E-state index in [-0.39, 0.29) is 5.41 Å². The van der Waals surface area contributed by atoms with Crippen LogP contribution in [0.4, 0.5) is 0 Å². The first-order valence-electron chi connectivity index (χ1n) is 7.15. The van der Waals surface area contributed by atoms with Crippen LogP contribution in [-0.4, -0.2) is 19.2 Å². The van der Waals surface area contributed by atoms with E-state index in [0.717, 1.165) is 12.0 Å². The van der Waals surface area contributed by atoms with Crippen LogP contribution in [0.25, 0.3) is 0 Å². The molecule has 0 saturated heterocycles. The molecule has 0 heterocycles. The number of carbonyl (C=O) groups excluding carboxylic acids is 1. The van der Waals surface area contributed by atoms with Crippen molar-refractivity contribution in [2.45, 2.75) is 39.5 Å². The van der Waals surface area contributed by atoms with Gasteiger partial charge in [0.05, 0.1) is 13.2 Å². The zero-order valence-corrected chi connectivity index (χ0v) is 12.8. The summed E-state index contributed by atoms with van der Waals surface area (Å²) in [5, 5.41) is 0. The van der Waals surface area contributed by atoms with Gasteiger partial charge in [-0.25, -0.2) is 4.79 Å². The lowest BCUT2D eigenvalue weighted by atomic mass is 9.79. The quantitative estimate of drug-likeness (QED) is 0.431. The van der Waals surface area contributed by atoms with Gasteiger partial charge in [-0.15, -0.1) is 0 Å². The van der Waals surface area contributed by atoms with Crippen molar-refractivity contribution in [3.8, 4) is 0 Å². The van der Waals surface area contributed by atoms with Gasteiger partial charge in [0.25, 0.3) is 0 Å². The molecule has 0 aliphatic heterocycles. The number of carbonyl (C=O) groups is 1. The Labute approximate surface area is 121 Å². The second-order valence-corrected chi connectivity index (χ2v) is 4.80. The molecule has 0 amide bonds. The third-order valence-corrected chi connectivity index (χ3v) is 3.39. The molecular weight excluding hydrogens is 252 g/mol. The molecule has 3 nitrogen and oxygen atoms in total. The van der Waals surface area contributed by atoms with Crippen molar-refractivity contribution in [1.29, 1.82) is 0 Å². The summed E-state index contributed by atoms with van der Waals surface area (Å²) in [6.07, 6.45) is 2.75. The van der Waals surface area contributed by atoms with Crippen LogP contribution in [0.15, 0.2) is 42.2 Å². The highest BCUT2D eigenvalue weighted by molar-refractivity contribution is 5.86. The number of ether oxygens (including phenoxy) is 2. The molecule has 0 radical (unpaired) electrons. The second kappa shape index (κ2) is 7.73. The Balaban J connectivity index is 3.13. The number of esters is 1. The molecular formula is C17H24O3. The summed E-state index contributed by atoms with van der Waals surface area (Å²) < 4.78 is 10.5. The molecule has 20 heavy (non-hydrogen) atoms. The Kier molecular flexibility index (Phi) is 6.29. The first-order chi connectivity index (χ1) is 9.57. The van der Waals surface area contributed by atoms with E-state index in [0.29, 0.717) is 19.0 Å². The summed E-state index contributed by atoms with van der Waals surface area (Å²) in [5.41, 5.74) is 0.905. The predicted octanol–water partition coefficient (Wildman–Crippen LogP) is 3.84. The Morgan fingerprint density at radius 2 is 1.70 bits per heavy atom.